The Bertz CT molecular complexity index is 786. The molecule has 6 nitrogen and oxygen atoms in total. The van der Waals surface area contributed by atoms with Crippen LogP contribution in [0.3, 0.4) is 0 Å². The average Bonchev–Trinajstić information content (AvgIpc) is 2.68. The van der Waals surface area contributed by atoms with E-state index in [1.54, 1.807) is 56.5 Å². The maximum absolute atomic E-state index is 12.7. The van der Waals surface area contributed by atoms with Crippen LogP contribution in [0.1, 0.15) is 36.2 Å². The van der Waals surface area contributed by atoms with Gasteiger partial charge in [0.05, 0.1) is 19.3 Å². The molecule has 2 aromatic carbocycles. The Morgan fingerprint density at radius 1 is 1.04 bits per heavy atom. The molecule has 0 fully saturated rings. The van der Waals surface area contributed by atoms with E-state index >= 15 is 0 Å². The van der Waals surface area contributed by atoms with Crippen LogP contribution in [0.5, 0.6) is 11.5 Å². The zero-order valence-electron chi connectivity index (χ0n) is 16.1. The number of nitrogens with one attached hydrogen (secondary N) is 1. The molecule has 2 aromatic rings. The fourth-order valence-corrected chi connectivity index (χ4v) is 2.45. The maximum Gasteiger partial charge on any atom is 0.338 e. The minimum atomic E-state index is -0.663. The van der Waals surface area contributed by atoms with Crippen molar-refractivity contribution in [1.82, 2.24) is 0 Å². The molecule has 0 heterocycles. The molecule has 0 unspecified atom stereocenters. The number of rotatable bonds is 8. The highest BCUT2D eigenvalue weighted by atomic mass is 16.5. The van der Waals surface area contributed by atoms with E-state index in [-0.39, 0.29) is 5.91 Å². The Hall–Kier alpha value is -3.02. The van der Waals surface area contributed by atoms with Gasteiger partial charge in [-0.3, -0.25) is 4.79 Å². The van der Waals surface area contributed by atoms with Crippen molar-refractivity contribution >= 4 is 17.6 Å². The monoisotopic (exact) mass is 371 g/mol. The summed E-state index contributed by atoms with van der Waals surface area (Å²) in [6.45, 7) is 5.77. The van der Waals surface area contributed by atoms with E-state index in [1.165, 1.54) is 0 Å². The van der Waals surface area contributed by atoms with Crippen LogP contribution >= 0.6 is 0 Å². The topological polar surface area (TPSA) is 73.9 Å². The first-order valence-electron chi connectivity index (χ1n) is 8.87. The number of benzene rings is 2. The first kappa shape index (κ1) is 20.3. The van der Waals surface area contributed by atoms with E-state index in [9.17, 15) is 9.59 Å². The Morgan fingerprint density at radius 3 is 2.30 bits per heavy atom. The lowest BCUT2D eigenvalue weighted by Gasteiger charge is -2.18. The molecule has 1 amide bonds. The summed E-state index contributed by atoms with van der Waals surface area (Å²) in [6.07, 6.45) is -0.168. The lowest BCUT2D eigenvalue weighted by molar-refractivity contribution is -0.122. The maximum atomic E-state index is 12.7. The minimum Gasteiger partial charge on any atom is -0.497 e. The SMILES string of the molecule is CCOC(=O)c1ccc(C)c(NC(=O)[C@@H](CC)Oc2ccc(OC)cc2)c1. The number of methoxy groups -OCH3 is 1. The standard InChI is InChI=1S/C21H25NO5/c1-5-19(27-17-11-9-16(25-4)10-12-17)20(23)22-18-13-15(8-7-14(18)3)21(24)26-6-2/h7-13,19H,5-6H2,1-4H3,(H,22,23)/t19-/m1/s1. The number of aryl methyl sites for hydroxylation is 1. The summed E-state index contributed by atoms with van der Waals surface area (Å²) in [6, 6.07) is 12.1. The molecule has 0 saturated carbocycles. The molecule has 0 radical (unpaired) electrons. The second-order valence-electron chi connectivity index (χ2n) is 5.93. The predicted octanol–water partition coefficient (Wildman–Crippen LogP) is 3.98. The third kappa shape index (κ3) is 5.48. The molecule has 144 valence electrons. The Morgan fingerprint density at radius 2 is 1.70 bits per heavy atom. The third-order valence-corrected chi connectivity index (χ3v) is 4.01. The molecule has 27 heavy (non-hydrogen) atoms. The van der Waals surface area contributed by atoms with Gasteiger partial charge in [0.1, 0.15) is 11.5 Å². The zero-order chi connectivity index (χ0) is 19.8. The first-order valence-corrected chi connectivity index (χ1v) is 8.87. The Balaban J connectivity index is 2.11. The minimum absolute atomic E-state index is 0.280. The Labute approximate surface area is 159 Å². The molecule has 0 aliphatic heterocycles. The van der Waals surface area contributed by atoms with Crippen molar-refractivity contribution in [2.75, 3.05) is 19.0 Å². The summed E-state index contributed by atoms with van der Waals surface area (Å²) < 4.78 is 15.9. The quantitative estimate of drug-likeness (QED) is 0.711. The van der Waals surface area contributed by atoms with Crippen molar-refractivity contribution in [2.24, 2.45) is 0 Å². The van der Waals surface area contributed by atoms with Gasteiger partial charge in [-0.05, 0) is 62.2 Å². The lowest BCUT2D eigenvalue weighted by atomic mass is 10.1. The highest BCUT2D eigenvalue weighted by Crippen LogP contribution is 2.21. The van der Waals surface area contributed by atoms with Gasteiger partial charge in [0.15, 0.2) is 6.10 Å². The first-order chi connectivity index (χ1) is 13.0. The van der Waals surface area contributed by atoms with Crippen molar-refractivity contribution in [1.29, 1.82) is 0 Å². The van der Waals surface area contributed by atoms with Gasteiger partial charge in [-0.2, -0.15) is 0 Å². The Kier molecular flexibility index (Phi) is 7.23. The van der Waals surface area contributed by atoms with Crippen molar-refractivity contribution in [3.8, 4) is 11.5 Å². The molecular weight excluding hydrogens is 346 g/mol. The summed E-state index contributed by atoms with van der Waals surface area (Å²) >= 11 is 0. The highest BCUT2D eigenvalue weighted by Gasteiger charge is 2.20. The molecule has 2 rings (SSSR count). The van der Waals surface area contributed by atoms with Gasteiger partial charge in [0.25, 0.3) is 5.91 Å². The van der Waals surface area contributed by atoms with Crippen LogP contribution in [0.25, 0.3) is 0 Å². The average molecular weight is 371 g/mol. The summed E-state index contributed by atoms with van der Waals surface area (Å²) in [5.74, 6) is 0.591. The molecular formula is C21H25NO5. The third-order valence-electron chi connectivity index (χ3n) is 4.01. The predicted molar refractivity (Wildman–Crippen MR) is 103 cm³/mol. The van der Waals surface area contributed by atoms with Crippen LogP contribution in [0.15, 0.2) is 42.5 Å². The molecule has 0 saturated heterocycles. The van der Waals surface area contributed by atoms with Crippen LogP contribution < -0.4 is 14.8 Å². The van der Waals surface area contributed by atoms with Gasteiger partial charge < -0.3 is 19.5 Å². The fraction of sp³-hybridized carbons (Fsp3) is 0.333. The number of ether oxygens (including phenoxy) is 3. The van der Waals surface area contributed by atoms with Crippen LogP contribution in [0, 0.1) is 6.92 Å². The molecule has 0 aliphatic carbocycles. The molecule has 0 aliphatic rings. The van der Waals surface area contributed by atoms with E-state index in [1.807, 2.05) is 13.8 Å². The lowest BCUT2D eigenvalue weighted by Crippen LogP contribution is -2.32. The zero-order valence-corrected chi connectivity index (χ0v) is 16.1. The number of esters is 1. The van der Waals surface area contributed by atoms with Crippen LogP contribution in [0.4, 0.5) is 5.69 Å². The van der Waals surface area contributed by atoms with Crippen molar-refractivity contribution in [2.45, 2.75) is 33.3 Å². The number of carbonyl (C=O) groups is 2. The molecule has 1 atom stereocenters. The largest absolute Gasteiger partial charge is 0.497 e. The van der Waals surface area contributed by atoms with Gasteiger partial charge in [0.2, 0.25) is 0 Å². The fourth-order valence-electron chi connectivity index (χ4n) is 2.45. The molecule has 1 N–H and O–H groups in total. The molecule has 6 heteroatoms. The summed E-state index contributed by atoms with van der Waals surface area (Å²) in [5, 5.41) is 2.84. The molecule has 0 bridgehead atoms. The number of amides is 1. The van der Waals surface area contributed by atoms with Crippen LogP contribution in [-0.4, -0.2) is 31.7 Å². The number of hydrogen-bond acceptors (Lipinski definition) is 5. The second kappa shape index (κ2) is 9.62. The van der Waals surface area contributed by atoms with Crippen molar-refractivity contribution in [3.63, 3.8) is 0 Å². The summed E-state index contributed by atoms with van der Waals surface area (Å²) in [7, 11) is 1.59. The normalized spacial score (nSPS) is 11.4. The van der Waals surface area contributed by atoms with E-state index < -0.39 is 12.1 Å². The van der Waals surface area contributed by atoms with Gasteiger partial charge in [-0.1, -0.05) is 13.0 Å². The van der Waals surface area contributed by atoms with E-state index in [4.69, 9.17) is 14.2 Å². The highest BCUT2D eigenvalue weighted by molar-refractivity contribution is 5.97. The van der Waals surface area contributed by atoms with Crippen molar-refractivity contribution in [3.05, 3.63) is 53.6 Å². The number of carbonyl (C=O) groups excluding carboxylic acids is 2. The number of hydrogen-bond donors (Lipinski definition) is 1. The number of anilines is 1. The molecule has 0 spiro atoms. The van der Waals surface area contributed by atoms with Gasteiger partial charge in [-0.25, -0.2) is 4.79 Å². The van der Waals surface area contributed by atoms with Gasteiger partial charge >= 0.3 is 5.97 Å². The van der Waals surface area contributed by atoms with Gasteiger partial charge in [-0.15, -0.1) is 0 Å². The van der Waals surface area contributed by atoms with Crippen LogP contribution in [-0.2, 0) is 9.53 Å². The van der Waals surface area contributed by atoms with Gasteiger partial charge in [0, 0.05) is 5.69 Å². The van der Waals surface area contributed by atoms with E-state index in [0.717, 1.165) is 5.56 Å². The summed E-state index contributed by atoms with van der Waals surface area (Å²) in [5.41, 5.74) is 1.79. The van der Waals surface area contributed by atoms with E-state index in [0.29, 0.717) is 35.8 Å². The molecule has 0 aromatic heterocycles. The van der Waals surface area contributed by atoms with Crippen LogP contribution in [0.2, 0.25) is 0 Å². The van der Waals surface area contributed by atoms with E-state index in [2.05, 4.69) is 5.32 Å². The van der Waals surface area contributed by atoms with Crippen molar-refractivity contribution < 1.29 is 23.8 Å². The second-order valence-corrected chi connectivity index (χ2v) is 5.93. The summed E-state index contributed by atoms with van der Waals surface area (Å²) in [4.78, 5) is 24.6. The smallest absolute Gasteiger partial charge is 0.338 e.